The highest BCUT2D eigenvalue weighted by molar-refractivity contribution is 6.09. The molecule has 3 heterocycles. The molecule has 4 N–H and O–H groups in total. The predicted molar refractivity (Wildman–Crippen MR) is 98.0 cm³/mol. The molecule has 0 saturated carbocycles. The normalized spacial score (nSPS) is 10.7. The molecule has 0 radical (unpaired) electrons. The van der Waals surface area contributed by atoms with Gasteiger partial charge in [-0.05, 0) is 24.3 Å². The van der Waals surface area contributed by atoms with Crippen molar-refractivity contribution >= 4 is 28.3 Å². The van der Waals surface area contributed by atoms with Gasteiger partial charge in [0.05, 0.1) is 23.1 Å². The average Bonchev–Trinajstić information content (AvgIpc) is 3.12. The minimum absolute atomic E-state index is 0. The molecule has 1 amide bonds. The summed E-state index contributed by atoms with van der Waals surface area (Å²) in [6, 6.07) is 11.2. The zero-order chi connectivity index (χ0) is 17.2. The SMILES string of the molecule is Nc1ncc(-c2cccnc2)nc1C(=O)Nc1cccc2cc[nH]c12.[HH]. The van der Waals surface area contributed by atoms with Gasteiger partial charge in [0.2, 0.25) is 0 Å². The van der Waals surface area contributed by atoms with Gasteiger partial charge in [-0.2, -0.15) is 0 Å². The first-order valence-corrected chi connectivity index (χ1v) is 7.63. The molecule has 0 bridgehead atoms. The first-order chi connectivity index (χ1) is 12.2. The van der Waals surface area contributed by atoms with Crippen molar-refractivity contribution in [1.29, 1.82) is 0 Å². The number of nitrogens with one attached hydrogen (secondary N) is 2. The number of rotatable bonds is 3. The van der Waals surface area contributed by atoms with Crippen molar-refractivity contribution in [3.05, 3.63) is 66.9 Å². The fourth-order valence-corrected chi connectivity index (χ4v) is 2.59. The number of H-pyrrole nitrogens is 1. The Morgan fingerprint density at radius 1 is 1.16 bits per heavy atom. The van der Waals surface area contributed by atoms with E-state index in [1.165, 1.54) is 6.20 Å². The zero-order valence-electron chi connectivity index (χ0n) is 13.1. The Hall–Kier alpha value is -3.74. The van der Waals surface area contributed by atoms with E-state index in [1.807, 2.05) is 36.5 Å². The van der Waals surface area contributed by atoms with Crippen LogP contribution >= 0.6 is 0 Å². The summed E-state index contributed by atoms with van der Waals surface area (Å²) in [7, 11) is 0. The van der Waals surface area contributed by atoms with E-state index in [-0.39, 0.29) is 12.9 Å². The number of hydrogen-bond acceptors (Lipinski definition) is 5. The molecule has 4 aromatic rings. The molecule has 124 valence electrons. The van der Waals surface area contributed by atoms with E-state index < -0.39 is 5.91 Å². The Kier molecular flexibility index (Phi) is 3.59. The van der Waals surface area contributed by atoms with Crippen LogP contribution < -0.4 is 11.1 Å². The maximum Gasteiger partial charge on any atom is 0.278 e. The Morgan fingerprint density at radius 3 is 2.92 bits per heavy atom. The lowest BCUT2D eigenvalue weighted by Crippen LogP contribution is -2.17. The Morgan fingerprint density at radius 2 is 2.08 bits per heavy atom. The highest BCUT2D eigenvalue weighted by Crippen LogP contribution is 2.23. The van der Waals surface area contributed by atoms with Crippen molar-refractivity contribution in [2.45, 2.75) is 0 Å². The molecule has 4 rings (SSSR count). The van der Waals surface area contributed by atoms with Crippen molar-refractivity contribution in [3.63, 3.8) is 0 Å². The van der Waals surface area contributed by atoms with E-state index in [9.17, 15) is 4.79 Å². The fourth-order valence-electron chi connectivity index (χ4n) is 2.59. The van der Waals surface area contributed by atoms with Gasteiger partial charge in [0, 0.05) is 31.0 Å². The van der Waals surface area contributed by atoms with E-state index in [0.29, 0.717) is 11.4 Å². The number of aromatic amines is 1. The van der Waals surface area contributed by atoms with Gasteiger partial charge in [0.25, 0.3) is 5.91 Å². The molecule has 0 atom stereocenters. The first-order valence-electron chi connectivity index (χ1n) is 7.63. The molecule has 3 aromatic heterocycles. The molecule has 0 spiro atoms. The summed E-state index contributed by atoms with van der Waals surface area (Å²) < 4.78 is 0. The minimum atomic E-state index is -0.419. The molecule has 1 aromatic carbocycles. The van der Waals surface area contributed by atoms with Crippen LogP contribution in [-0.4, -0.2) is 25.8 Å². The third-order valence-corrected chi connectivity index (χ3v) is 3.81. The number of fused-ring (bicyclic) bond motifs is 1. The number of benzene rings is 1. The highest BCUT2D eigenvalue weighted by atomic mass is 16.1. The summed E-state index contributed by atoms with van der Waals surface area (Å²) in [5.41, 5.74) is 8.72. The van der Waals surface area contributed by atoms with Crippen molar-refractivity contribution in [2.75, 3.05) is 11.1 Å². The topological polar surface area (TPSA) is 110 Å². The number of nitrogen functional groups attached to an aromatic ring is 1. The van der Waals surface area contributed by atoms with Crippen LogP contribution in [0.3, 0.4) is 0 Å². The summed E-state index contributed by atoms with van der Waals surface area (Å²) in [5.74, 6) is -0.346. The van der Waals surface area contributed by atoms with E-state index in [4.69, 9.17) is 5.73 Å². The van der Waals surface area contributed by atoms with Crippen molar-refractivity contribution in [2.24, 2.45) is 0 Å². The monoisotopic (exact) mass is 332 g/mol. The number of pyridine rings is 1. The minimum Gasteiger partial charge on any atom is -0.382 e. The van der Waals surface area contributed by atoms with E-state index in [0.717, 1.165) is 16.5 Å². The first kappa shape index (κ1) is 14.8. The van der Waals surface area contributed by atoms with Crippen LogP contribution in [0.15, 0.2) is 61.2 Å². The second-order valence-corrected chi connectivity index (χ2v) is 5.43. The van der Waals surface area contributed by atoms with E-state index >= 15 is 0 Å². The molecular formula is C18H16N6O. The molecule has 0 aliphatic heterocycles. The lowest BCUT2D eigenvalue weighted by molar-refractivity contribution is 0.102. The number of nitrogens with zero attached hydrogens (tertiary/aromatic N) is 3. The fraction of sp³-hybridized carbons (Fsp3) is 0. The third kappa shape index (κ3) is 2.78. The van der Waals surface area contributed by atoms with Crippen LogP contribution in [0.5, 0.6) is 0 Å². The molecule has 0 saturated heterocycles. The van der Waals surface area contributed by atoms with Crippen LogP contribution in [0, 0.1) is 0 Å². The average molecular weight is 332 g/mol. The lowest BCUT2D eigenvalue weighted by atomic mass is 10.2. The molecule has 0 fully saturated rings. The molecular weight excluding hydrogens is 316 g/mol. The quantitative estimate of drug-likeness (QED) is 0.534. The molecule has 0 unspecified atom stereocenters. The van der Waals surface area contributed by atoms with Crippen molar-refractivity contribution < 1.29 is 6.22 Å². The number of anilines is 2. The van der Waals surface area contributed by atoms with Gasteiger partial charge in [0.1, 0.15) is 0 Å². The number of nitrogens with two attached hydrogens (primary N) is 1. The highest BCUT2D eigenvalue weighted by Gasteiger charge is 2.16. The van der Waals surface area contributed by atoms with E-state index in [1.54, 1.807) is 18.5 Å². The number of carbonyl (C=O) groups is 1. The Balaban J connectivity index is 0.00000196. The van der Waals surface area contributed by atoms with Crippen LogP contribution in [-0.2, 0) is 0 Å². The maximum atomic E-state index is 12.7. The number of amides is 1. The third-order valence-electron chi connectivity index (χ3n) is 3.81. The predicted octanol–water partition coefficient (Wildman–Crippen LogP) is 3.10. The smallest absolute Gasteiger partial charge is 0.278 e. The van der Waals surface area contributed by atoms with Gasteiger partial charge in [-0.15, -0.1) is 0 Å². The molecule has 0 aliphatic carbocycles. The number of aromatic nitrogens is 4. The van der Waals surface area contributed by atoms with Gasteiger partial charge >= 0.3 is 0 Å². The summed E-state index contributed by atoms with van der Waals surface area (Å²) in [6.45, 7) is 0. The van der Waals surface area contributed by atoms with Crippen molar-refractivity contribution in [3.8, 4) is 11.3 Å². The van der Waals surface area contributed by atoms with Gasteiger partial charge < -0.3 is 16.0 Å². The Labute approximate surface area is 144 Å². The second kappa shape index (κ2) is 6.04. The molecule has 0 aliphatic rings. The summed E-state index contributed by atoms with van der Waals surface area (Å²) in [6.07, 6.45) is 6.66. The molecule has 7 nitrogen and oxygen atoms in total. The van der Waals surface area contributed by atoms with Crippen LogP contribution in [0.4, 0.5) is 11.5 Å². The molecule has 25 heavy (non-hydrogen) atoms. The zero-order valence-corrected chi connectivity index (χ0v) is 13.1. The lowest BCUT2D eigenvalue weighted by Gasteiger charge is -2.09. The summed E-state index contributed by atoms with van der Waals surface area (Å²) >= 11 is 0. The Bertz CT molecular complexity index is 1060. The number of hydrogen-bond donors (Lipinski definition) is 3. The number of carbonyl (C=O) groups excluding carboxylic acids is 1. The van der Waals surface area contributed by atoms with Crippen LogP contribution in [0.25, 0.3) is 22.2 Å². The van der Waals surface area contributed by atoms with Gasteiger partial charge in [-0.3, -0.25) is 9.78 Å². The van der Waals surface area contributed by atoms with Gasteiger partial charge in [-0.25, -0.2) is 9.97 Å². The van der Waals surface area contributed by atoms with Crippen LogP contribution in [0.1, 0.15) is 11.9 Å². The van der Waals surface area contributed by atoms with Crippen molar-refractivity contribution in [1.82, 2.24) is 19.9 Å². The van der Waals surface area contributed by atoms with E-state index in [2.05, 4.69) is 25.3 Å². The summed E-state index contributed by atoms with van der Waals surface area (Å²) in [5, 5.41) is 3.84. The number of para-hydroxylation sites is 1. The van der Waals surface area contributed by atoms with Gasteiger partial charge in [0.15, 0.2) is 11.5 Å². The van der Waals surface area contributed by atoms with Crippen LogP contribution in [0.2, 0.25) is 0 Å². The maximum absolute atomic E-state index is 12.7. The molecule has 7 heteroatoms. The second-order valence-electron chi connectivity index (χ2n) is 5.43. The largest absolute Gasteiger partial charge is 0.382 e. The van der Waals surface area contributed by atoms with Gasteiger partial charge in [-0.1, -0.05) is 12.1 Å². The standard InChI is InChI=1S/C18H14N6O.H2/c19-17-16(23-14(10-22-17)12-4-2-7-20-9-12)18(25)24-13-5-1-3-11-6-8-21-15(11)13;/h1-10,21H,(H2,19,22)(H,24,25);1H. The summed E-state index contributed by atoms with van der Waals surface area (Å²) in [4.78, 5) is 28.3.